The van der Waals surface area contributed by atoms with Crippen molar-refractivity contribution < 1.29 is 44.6 Å². The lowest BCUT2D eigenvalue weighted by molar-refractivity contribution is -0.272. The first-order valence-corrected chi connectivity index (χ1v) is 12.0. The van der Waals surface area contributed by atoms with Crippen molar-refractivity contribution in [3.8, 4) is 5.75 Å². The van der Waals surface area contributed by atoms with E-state index in [4.69, 9.17) is 9.47 Å². The number of pyridine rings is 1. The van der Waals surface area contributed by atoms with E-state index in [1.165, 1.54) is 27.1 Å². The second kappa shape index (κ2) is 9.56. The lowest BCUT2D eigenvalue weighted by atomic mass is 9.77. The van der Waals surface area contributed by atoms with E-state index in [0.29, 0.717) is 0 Å². The predicted molar refractivity (Wildman–Crippen MR) is 118 cm³/mol. The summed E-state index contributed by atoms with van der Waals surface area (Å²) in [7, 11) is -0.415. The Kier molecular flexibility index (Phi) is 7.37. The van der Waals surface area contributed by atoms with Crippen LogP contribution >= 0.6 is 0 Å². The van der Waals surface area contributed by atoms with Gasteiger partial charge in [-0.2, -0.15) is 17.6 Å². The van der Waals surface area contributed by atoms with Gasteiger partial charge in [0.05, 0.1) is 7.11 Å². The first-order valence-electron chi connectivity index (χ1n) is 10.5. The summed E-state index contributed by atoms with van der Waals surface area (Å²) in [5.41, 5.74) is -3.10. The van der Waals surface area contributed by atoms with Gasteiger partial charge in [0.25, 0.3) is 15.9 Å². The molecule has 8 nitrogen and oxygen atoms in total. The number of aromatic nitrogens is 1. The van der Waals surface area contributed by atoms with Crippen molar-refractivity contribution in [2.45, 2.75) is 42.7 Å². The van der Waals surface area contributed by atoms with E-state index in [9.17, 15) is 35.2 Å². The quantitative estimate of drug-likeness (QED) is 0.565. The molecule has 1 saturated heterocycles. The summed E-state index contributed by atoms with van der Waals surface area (Å²) < 4.78 is 106. The number of methoxy groups -OCH3 is 1. The maximum atomic E-state index is 14.4. The molecule has 1 N–H and O–H groups in total. The molecule has 1 fully saturated rings. The third-order valence-corrected chi connectivity index (χ3v) is 8.03. The van der Waals surface area contributed by atoms with Gasteiger partial charge in [0, 0.05) is 49.4 Å². The minimum Gasteiger partial charge on any atom is -0.493 e. The second-order valence-corrected chi connectivity index (χ2v) is 10.7. The van der Waals surface area contributed by atoms with Crippen LogP contribution in [0.15, 0.2) is 35.5 Å². The zero-order valence-corrected chi connectivity index (χ0v) is 20.7. The Hall–Kier alpha value is -2.84. The summed E-state index contributed by atoms with van der Waals surface area (Å²) in [5.74, 6) is -7.26. The third kappa shape index (κ3) is 4.64. The van der Waals surface area contributed by atoms with Gasteiger partial charge in [-0.15, -0.1) is 0 Å². The number of ether oxygens (including phenoxy) is 2. The standard InChI is InChI=1S/C22H24F5N3O5S/c1-11-16(13-6-7-14(23)17(24)18(13)34-5)19(35-21(11,2)22(25,26)27)20(31)29-12-8-9-28-15(10-12)36(32,33)30(3)4/h6-11,16,19H,1-5H3,(H,28,29,31)/t11-,16-,19+,21+/m0/s1. The van der Waals surface area contributed by atoms with Crippen LogP contribution in [-0.2, 0) is 19.6 Å². The number of nitrogens with zero attached hydrogens (tertiary/aromatic N) is 2. The molecule has 3 rings (SSSR count). The highest BCUT2D eigenvalue weighted by atomic mass is 32.2. The number of hydrogen-bond acceptors (Lipinski definition) is 6. The highest BCUT2D eigenvalue weighted by Crippen LogP contribution is 2.55. The van der Waals surface area contributed by atoms with E-state index >= 15 is 0 Å². The van der Waals surface area contributed by atoms with Crippen LogP contribution in [0.2, 0.25) is 0 Å². The highest BCUT2D eigenvalue weighted by Gasteiger charge is 2.65. The summed E-state index contributed by atoms with van der Waals surface area (Å²) in [5, 5.41) is 1.93. The van der Waals surface area contributed by atoms with E-state index in [-0.39, 0.29) is 11.3 Å². The lowest BCUT2D eigenvalue weighted by Gasteiger charge is -2.32. The molecule has 1 aliphatic rings. The molecule has 0 spiro atoms. The van der Waals surface area contributed by atoms with Crippen molar-refractivity contribution in [3.63, 3.8) is 0 Å². The fourth-order valence-corrected chi connectivity index (χ4v) is 4.91. The number of nitrogens with one attached hydrogen (secondary N) is 1. The van der Waals surface area contributed by atoms with E-state index in [2.05, 4.69) is 10.3 Å². The van der Waals surface area contributed by atoms with Crippen LogP contribution in [0, 0.1) is 17.6 Å². The van der Waals surface area contributed by atoms with Crippen molar-refractivity contribution in [2.24, 2.45) is 5.92 Å². The van der Waals surface area contributed by atoms with E-state index in [0.717, 1.165) is 42.7 Å². The molecule has 36 heavy (non-hydrogen) atoms. The summed E-state index contributed by atoms with van der Waals surface area (Å²) in [6, 6.07) is 4.03. The van der Waals surface area contributed by atoms with E-state index < -0.39 is 68.1 Å². The number of amides is 1. The van der Waals surface area contributed by atoms with Crippen LogP contribution < -0.4 is 10.1 Å². The van der Waals surface area contributed by atoms with Gasteiger partial charge in [-0.3, -0.25) is 4.79 Å². The molecule has 0 radical (unpaired) electrons. The Bertz CT molecular complexity index is 1270. The van der Waals surface area contributed by atoms with Crippen molar-refractivity contribution in [1.82, 2.24) is 9.29 Å². The first kappa shape index (κ1) is 27.7. The Morgan fingerprint density at radius 2 is 1.86 bits per heavy atom. The molecule has 2 heterocycles. The SMILES string of the molecule is COc1c([C@H]2[C@H](C(=O)Nc3ccnc(S(=O)(=O)N(C)C)c3)O[C@@](C)(C(F)(F)F)[C@H]2C)ccc(F)c1F. The normalized spacial score (nSPS) is 24.7. The van der Waals surface area contributed by atoms with Crippen LogP contribution in [0.25, 0.3) is 0 Å². The van der Waals surface area contributed by atoms with Gasteiger partial charge in [-0.05, 0) is 19.1 Å². The van der Waals surface area contributed by atoms with Crippen molar-refractivity contribution in [1.29, 1.82) is 0 Å². The Labute approximate surface area is 204 Å². The monoisotopic (exact) mass is 537 g/mol. The summed E-state index contributed by atoms with van der Waals surface area (Å²) in [4.78, 5) is 17.0. The van der Waals surface area contributed by atoms with Crippen molar-refractivity contribution >= 4 is 21.6 Å². The number of anilines is 1. The van der Waals surface area contributed by atoms with Gasteiger partial charge in [-0.25, -0.2) is 22.1 Å². The lowest BCUT2D eigenvalue weighted by Crippen LogP contribution is -2.47. The molecule has 14 heteroatoms. The average Bonchev–Trinajstić information content (AvgIpc) is 3.07. The Morgan fingerprint density at radius 1 is 1.22 bits per heavy atom. The first-order chi connectivity index (χ1) is 16.6. The molecule has 1 aromatic heterocycles. The number of carbonyl (C=O) groups excluding carboxylic acids is 1. The molecule has 198 valence electrons. The third-order valence-electron chi connectivity index (χ3n) is 6.32. The van der Waals surface area contributed by atoms with Crippen LogP contribution in [0.4, 0.5) is 27.6 Å². The molecular formula is C22H24F5N3O5S. The molecule has 4 atom stereocenters. The van der Waals surface area contributed by atoms with Crippen molar-refractivity contribution in [2.75, 3.05) is 26.5 Å². The minimum absolute atomic E-state index is 0.0803. The average molecular weight is 538 g/mol. The molecule has 0 saturated carbocycles. The number of alkyl halides is 3. The molecule has 1 amide bonds. The van der Waals surface area contributed by atoms with E-state index in [1.807, 2.05) is 0 Å². The molecule has 1 aromatic carbocycles. The number of hydrogen-bond donors (Lipinski definition) is 1. The van der Waals surface area contributed by atoms with Gasteiger partial charge >= 0.3 is 6.18 Å². The number of sulfonamides is 1. The van der Waals surface area contributed by atoms with E-state index in [1.54, 1.807) is 0 Å². The molecule has 2 aromatic rings. The van der Waals surface area contributed by atoms with Crippen LogP contribution in [0.3, 0.4) is 0 Å². The maximum absolute atomic E-state index is 14.4. The summed E-state index contributed by atoms with van der Waals surface area (Å²) in [6.45, 7) is 1.94. The van der Waals surface area contributed by atoms with Crippen molar-refractivity contribution in [3.05, 3.63) is 47.7 Å². The Morgan fingerprint density at radius 3 is 2.42 bits per heavy atom. The number of benzene rings is 1. The molecule has 0 unspecified atom stereocenters. The zero-order chi connectivity index (χ0) is 27.2. The summed E-state index contributed by atoms with van der Waals surface area (Å²) >= 11 is 0. The molecule has 0 aliphatic carbocycles. The minimum atomic E-state index is -4.92. The topological polar surface area (TPSA) is 97.8 Å². The predicted octanol–water partition coefficient (Wildman–Crippen LogP) is 3.70. The number of halogens is 5. The highest BCUT2D eigenvalue weighted by molar-refractivity contribution is 7.89. The Balaban J connectivity index is 2.07. The smallest absolute Gasteiger partial charge is 0.417 e. The number of rotatable bonds is 6. The molecule has 1 aliphatic heterocycles. The molecular weight excluding hydrogens is 513 g/mol. The largest absolute Gasteiger partial charge is 0.493 e. The maximum Gasteiger partial charge on any atom is 0.417 e. The van der Waals surface area contributed by atoms with Crippen LogP contribution in [0.5, 0.6) is 5.75 Å². The second-order valence-electron chi connectivity index (χ2n) is 8.60. The van der Waals surface area contributed by atoms with Crippen LogP contribution in [-0.4, -0.2) is 62.7 Å². The van der Waals surface area contributed by atoms with Gasteiger partial charge < -0.3 is 14.8 Å². The van der Waals surface area contributed by atoms with Crippen LogP contribution in [0.1, 0.15) is 25.3 Å². The number of carbonyl (C=O) groups is 1. The van der Waals surface area contributed by atoms with Gasteiger partial charge in [0.1, 0.15) is 6.10 Å². The zero-order valence-electron chi connectivity index (χ0n) is 19.9. The molecule has 0 bridgehead atoms. The van der Waals surface area contributed by atoms with Gasteiger partial charge in [-0.1, -0.05) is 13.0 Å². The van der Waals surface area contributed by atoms with Gasteiger partial charge in [0.2, 0.25) is 5.82 Å². The fourth-order valence-electron chi connectivity index (χ4n) is 4.07. The van der Waals surface area contributed by atoms with Gasteiger partial charge in [0.15, 0.2) is 22.2 Å². The fraction of sp³-hybridized carbons (Fsp3) is 0.455. The summed E-state index contributed by atoms with van der Waals surface area (Å²) in [6.07, 6.45) is -5.65.